The third kappa shape index (κ3) is 2.94. The number of benzene rings is 1. The minimum atomic E-state index is -0.966. The average molecular weight is 211 g/mol. The highest BCUT2D eigenvalue weighted by molar-refractivity contribution is 5.74. The summed E-state index contributed by atoms with van der Waals surface area (Å²) in [5.74, 6) is -1.36. The molecule has 0 aromatic heterocycles. The summed E-state index contributed by atoms with van der Waals surface area (Å²) in [7, 11) is 0. The van der Waals surface area contributed by atoms with E-state index in [1.807, 2.05) is 13.8 Å². The summed E-state index contributed by atoms with van der Waals surface area (Å²) in [6.07, 6.45) is 0. The zero-order chi connectivity index (χ0) is 11.4. The van der Waals surface area contributed by atoms with Crippen molar-refractivity contribution in [2.45, 2.75) is 19.9 Å². The number of halogens is 1. The summed E-state index contributed by atoms with van der Waals surface area (Å²) in [5, 5.41) is 8.72. The molecule has 82 valence electrons. The van der Waals surface area contributed by atoms with E-state index in [0.29, 0.717) is 5.69 Å². The van der Waals surface area contributed by atoms with Crippen LogP contribution in [0.25, 0.3) is 0 Å². The number of anilines is 1. The van der Waals surface area contributed by atoms with E-state index in [1.54, 1.807) is 18.2 Å². The molecule has 1 aromatic carbocycles. The lowest BCUT2D eigenvalue weighted by atomic mass is 10.2. The second-order valence-electron chi connectivity index (χ2n) is 3.57. The highest BCUT2D eigenvalue weighted by Gasteiger charge is 2.16. The second kappa shape index (κ2) is 4.77. The monoisotopic (exact) mass is 211 g/mol. The van der Waals surface area contributed by atoms with Gasteiger partial charge in [-0.2, -0.15) is 0 Å². The smallest absolute Gasteiger partial charge is 0.323 e. The third-order valence-corrected chi connectivity index (χ3v) is 2.09. The molecule has 0 aliphatic heterocycles. The summed E-state index contributed by atoms with van der Waals surface area (Å²) in [6, 6.07) is 6.12. The van der Waals surface area contributed by atoms with Gasteiger partial charge < -0.3 is 10.0 Å². The molecule has 0 amide bonds. The second-order valence-corrected chi connectivity index (χ2v) is 3.57. The average Bonchev–Trinajstić information content (AvgIpc) is 2.15. The van der Waals surface area contributed by atoms with Gasteiger partial charge in [-0.05, 0) is 26.0 Å². The van der Waals surface area contributed by atoms with Crippen LogP contribution in [0.5, 0.6) is 0 Å². The third-order valence-electron chi connectivity index (χ3n) is 2.09. The molecule has 15 heavy (non-hydrogen) atoms. The first-order chi connectivity index (χ1) is 7.02. The van der Waals surface area contributed by atoms with Crippen molar-refractivity contribution in [1.82, 2.24) is 0 Å². The van der Waals surface area contributed by atoms with E-state index >= 15 is 0 Å². The number of hydrogen-bond acceptors (Lipinski definition) is 2. The Morgan fingerprint density at radius 3 is 2.53 bits per heavy atom. The van der Waals surface area contributed by atoms with Crippen molar-refractivity contribution in [3.8, 4) is 0 Å². The maximum atomic E-state index is 13.4. The number of nitrogens with zero attached hydrogens (tertiary/aromatic N) is 1. The minimum Gasteiger partial charge on any atom is -0.480 e. The minimum absolute atomic E-state index is 0.0574. The molecule has 4 heteroatoms. The Hall–Kier alpha value is -1.58. The van der Waals surface area contributed by atoms with Gasteiger partial charge in [0, 0.05) is 6.04 Å². The molecular weight excluding hydrogens is 197 g/mol. The van der Waals surface area contributed by atoms with Gasteiger partial charge in [0.15, 0.2) is 0 Å². The number of carbonyl (C=O) groups is 1. The molecule has 0 radical (unpaired) electrons. The maximum Gasteiger partial charge on any atom is 0.323 e. The highest BCUT2D eigenvalue weighted by Crippen LogP contribution is 2.20. The zero-order valence-electron chi connectivity index (χ0n) is 8.77. The van der Waals surface area contributed by atoms with E-state index in [2.05, 4.69) is 0 Å². The van der Waals surface area contributed by atoms with Gasteiger partial charge in [-0.3, -0.25) is 4.79 Å². The normalized spacial score (nSPS) is 10.4. The predicted molar refractivity (Wildman–Crippen MR) is 56.5 cm³/mol. The van der Waals surface area contributed by atoms with Crippen LogP contribution < -0.4 is 4.90 Å². The van der Waals surface area contributed by atoms with Crippen LogP contribution in [0.4, 0.5) is 10.1 Å². The fourth-order valence-electron chi connectivity index (χ4n) is 1.38. The Labute approximate surface area is 88.1 Å². The Morgan fingerprint density at radius 1 is 1.47 bits per heavy atom. The van der Waals surface area contributed by atoms with Crippen LogP contribution in [0.15, 0.2) is 24.3 Å². The Bertz CT molecular complexity index is 352. The van der Waals surface area contributed by atoms with Crippen molar-refractivity contribution in [2.24, 2.45) is 0 Å². The van der Waals surface area contributed by atoms with Crippen LogP contribution in [0, 0.1) is 5.82 Å². The summed E-state index contributed by atoms with van der Waals surface area (Å²) < 4.78 is 13.4. The topological polar surface area (TPSA) is 40.5 Å². The van der Waals surface area contributed by atoms with Crippen molar-refractivity contribution in [3.63, 3.8) is 0 Å². The van der Waals surface area contributed by atoms with Gasteiger partial charge in [0.05, 0.1) is 5.69 Å². The molecule has 0 saturated heterocycles. The molecule has 0 saturated carbocycles. The van der Waals surface area contributed by atoms with Crippen LogP contribution >= 0.6 is 0 Å². The Morgan fingerprint density at radius 2 is 2.07 bits per heavy atom. The SMILES string of the molecule is CC(C)N(CC(=O)O)c1ccccc1F. The first-order valence-electron chi connectivity index (χ1n) is 4.75. The molecule has 1 rings (SSSR count). The van der Waals surface area contributed by atoms with Gasteiger partial charge in [0.2, 0.25) is 0 Å². The summed E-state index contributed by atoms with van der Waals surface area (Å²) >= 11 is 0. The molecule has 1 N–H and O–H groups in total. The van der Waals surface area contributed by atoms with Crippen LogP contribution in [-0.2, 0) is 4.79 Å². The summed E-state index contributed by atoms with van der Waals surface area (Å²) in [4.78, 5) is 12.1. The zero-order valence-corrected chi connectivity index (χ0v) is 8.77. The molecule has 1 aromatic rings. The lowest BCUT2D eigenvalue weighted by Gasteiger charge is -2.27. The molecule has 0 fully saturated rings. The molecule has 0 heterocycles. The van der Waals surface area contributed by atoms with Crippen LogP contribution in [0.3, 0.4) is 0 Å². The van der Waals surface area contributed by atoms with Crippen LogP contribution in [0.2, 0.25) is 0 Å². The van der Waals surface area contributed by atoms with Crippen LogP contribution in [0.1, 0.15) is 13.8 Å². The van der Waals surface area contributed by atoms with Gasteiger partial charge in [0.1, 0.15) is 12.4 Å². The van der Waals surface area contributed by atoms with Crippen LogP contribution in [-0.4, -0.2) is 23.7 Å². The predicted octanol–water partition coefficient (Wildman–Crippen LogP) is 2.13. The van der Waals surface area contributed by atoms with Gasteiger partial charge in [-0.1, -0.05) is 12.1 Å². The van der Waals surface area contributed by atoms with E-state index in [9.17, 15) is 9.18 Å². The van der Waals surface area contributed by atoms with E-state index in [0.717, 1.165) is 0 Å². The quantitative estimate of drug-likeness (QED) is 0.829. The molecule has 0 aliphatic rings. The standard InChI is InChI=1S/C11H14FNO2/c1-8(2)13(7-11(14)15)10-6-4-3-5-9(10)12/h3-6,8H,7H2,1-2H3,(H,14,15). The van der Waals surface area contributed by atoms with E-state index in [4.69, 9.17) is 5.11 Å². The van der Waals surface area contributed by atoms with Gasteiger partial charge in [-0.25, -0.2) is 4.39 Å². The molecule has 0 bridgehead atoms. The molecule has 0 atom stereocenters. The number of carboxylic acids is 1. The molecule has 0 spiro atoms. The van der Waals surface area contributed by atoms with Crippen molar-refractivity contribution in [2.75, 3.05) is 11.4 Å². The van der Waals surface area contributed by atoms with Crippen molar-refractivity contribution in [1.29, 1.82) is 0 Å². The van der Waals surface area contributed by atoms with Gasteiger partial charge in [0.25, 0.3) is 0 Å². The Kier molecular flexibility index (Phi) is 3.66. The molecule has 3 nitrogen and oxygen atoms in total. The lowest BCUT2D eigenvalue weighted by molar-refractivity contribution is -0.135. The van der Waals surface area contributed by atoms with Gasteiger partial charge >= 0.3 is 5.97 Å². The van der Waals surface area contributed by atoms with E-state index in [1.165, 1.54) is 11.0 Å². The lowest BCUT2D eigenvalue weighted by Crippen LogP contribution is -2.36. The molecular formula is C11H14FNO2. The number of carboxylic acid groups (broad SMARTS) is 1. The fourth-order valence-corrected chi connectivity index (χ4v) is 1.38. The summed E-state index contributed by atoms with van der Waals surface area (Å²) in [5.41, 5.74) is 0.329. The van der Waals surface area contributed by atoms with Gasteiger partial charge in [-0.15, -0.1) is 0 Å². The fraction of sp³-hybridized carbons (Fsp3) is 0.364. The van der Waals surface area contributed by atoms with E-state index in [-0.39, 0.29) is 12.6 Å². The van der Waals surface area contributed by atoms with Crippen molar-refractivity contribution in [3.05, 3.63) is 30.1 Å². The number of hydrogen-bond donors (Lipinski definition) is 1. The van der Waals surface area contributed by atoms with Crippen molar-refractivity contribution >= 4 is 11.7 Å². The first kappa shape index (κ1) is 11.5. The molecule has 0 unspecified atom stereocenters. The first-order valence-corrected chi connectivity index (χ1v) is 4.75. The number of rotatable bonds is 4. The number of para-hydroxylation sites is 1. The van der Waals surface area contributed by atoms with Crippen molar-refractivity contribution < 1.29 is 14.3 Å². The summed E-state index contributed by atoms with van der Waals surface area (Å²) in [6.45, 7) is 3.46. The Balaban J connectivity index is 2.99. The number of aliphatic carboxylic acids is 1. The van der Waals surface area contributed by atoms with E-state index < -0.39 is 11.8 Å². The largest absolute Gasteiger partial charge is 0.480 e. The molecule has 0 aliphatic carbocycles. The highest BCUT2D eigenvalue weighted by atomic mass is 19.1. The maximum absolute atomic E-state index is 13.4.